The molecule has 2 aromatic carbocycles. The molecule has 4 atom stereocenters. The maximum Gasteiger partial charge on any atom is 0.416 e. The lowest BCUT2D eigenvalue weighted by Crippen LogP contribution is -2.58. The maximum absolute atomic E-state index is 14.5. The van der Waals surface area contributed by atoms with Crippen LogP contribution in [0.2, 0.25) is 18.1 Å². The molecule has 3 aliphatic heterocycles. The van der Waals surface area contributed by atoms with Crippen LogP contribution in [0, 0.1) is 11.3 Å². The Morgan fingerprint density at radius 2 is 1.77 bits per heavy atom. The molecule has 3 heterocycles. The van der Waals surface area contributed by atoms with Crippen LogP contribution in [0.15, 0.2) is 49.1 Å². The molecule has 3 fully saturated rings. The van der Waals surface area contributed by atoms with Gasteiger partial charge in [0, 0.05) is 24.8 Å². The van der Waals surface area contributed by atoms with Crippen molar-refractivity contribution in [2.75, 3.05) is 37.0 Å². The van der Waals surface area contributed by atoms with E-state index in [1.54, 1.807) is 24.3 Å². The number of phenolic OH excluding ortho intramolecular Hbond substituents is 1. The van der Waals surface area contributed by atoms with Gasteiger partial charge in [-0.1, -0.05) is 59.4 Å². The van der Waals surface area contributed by atoms with Gasteiger partial charge in [0.1, 0.15) is 25.3 Å². The summed E-state index contributed by atoms with van der Waals surface area (Å²) in [4.78, 5) is 73.0. The van der Waals surface area contributed by atoms with E-state index in [0.29, 0.717) is 50.0 Å². The Morgan fingerprint density at radius 3 is 2.38 bits per heavy atom. The van der Waals surface area contributed by atoms with Crippen LogP contribution in [0.25, 0.3) is 0 Å². The van der Waals surface area contributed by atoms with E-state index < -0.39 is 56.7 Å². The fraction of sp³-hybridized carbons (Fsp3) is 0.568. The molecule has 4 aliphatic rings. The lowest BCUT2D eigenvalue weighted by atomic mass is 10.0. The molecule has 3 N–H and O–H groups in total. The highest BCUT2D eigenvalue weighted by Crippen LogP contribution is 2.57. The number of phenols is 1. The molecular formula is C44H61N5O10Si. The van der Waals surface area contributed by atoms with Crippen molar-refractivity contribution in [3.8, 4) is 11.5 Å². The quantitative estimate of drug-likeness (QED) is 0.139. The van der Waals surface area contributed by atoms with E-state index in [0.717, 1.165) is 12.8 Å². The molecule has 16 heteroatoms. The van der Waals surface area contributed by atoms with E-state index in [2.05, 4.69) is 51.1 Å². The largest absolute Gasteiger partial charge is 0.504 e. The zero-order chi connectivity index (χ0) is 43.7. The van der Waals surface area contributed by atoms with Gasteiger partial charge in [0.15, 0.2) is 26.0 Å². The molecule has 1 saturated carbocycles. The number of nitrogens with zero attached hydrogens (tertiary/aromatic N) is 3. The number of fused-ring (bicyclic) bond motifs is 2. The van der Waals surface area contributed by atoms with Gasteiger partial charge < -0.3 is 39.3 Å². The Kier molecular flexibility index (Phi) is 13.0. The number of carbonyl (C=O) groups excluding carboxylic acids is 5. The zero-order valence-electron chi connectivity index (χ0n) is 36.2. The van der Waals surface area contributed by atoms with E-state index in [1.807, 2.05) is 18.7 Å². The first-order valence-corrected chi connectivity index (χ1v) is 23.8. The second-order valence-corrected chi connectivity index (χ2v) is 23.3. The Morgan fingerprint density at radius 1 is 1.07 bits per heavy atom. The molecule has 1 spiro atoms. The number of benzene rings is 2. The molecule has 0 bridgehead atoms. The SMILES string of the molecule is C=CCOC(=O)N1CCC[C@H]1C(=O)N[C@@H](CC(C)C)C(=O)Nc1ccc(COC(=O)N2c3cc(O)c(OC)cc3C(=O)N3CC4(CC4)C[C@H]3C2O[Si](C)(C)C(C)(C)C)cc1. The first-order valence-electron chi connectivity index (χ1n) is 20.9. The van der Waals surface area contributed by atoms with Crippen LogP contribution in [0.5, 0.6) is 11.5 Å². The minimum Gasteiger partial charge on any atom is -0.504 e. The van der Waals surface area contributed by atoms with Crippen molar-refractivity contribution < 1.29 is 47.7 Å². The average Bonchev–Trinajstić information content (AvgIpc) is 3.59. The molecule has 2 aromatic rings. The summed E-state index contributed by atoms with van der Waals surface area (Å²) in [5.41, 5.74) is 1.48. The van der Waals surface area contributed by atoms with Crippen molar-refractivity contribution in [3.63, 3.8) is 0 Å². The van der Waals surface area contributed by atoms with Crippen LogP contribution < -0.4 is 20.3 Å². The summed E-state index contributed by atoms with van der Waals surface area (Å²) in [6.07, 6.45) is 3.38. The summed E-state index contributed by atoms with van der Waals surface area (Å²) in [5, 5.41) is 16.5. The van der Waals surface area contributed by atoms with Crippen molar-refractivity contribution in [2.24, 2.45) is 11.3 Å². The number of carbonyl (C=O) groups is 5. The Hall–Kier alpha value is -5.09. The standard InChI is InChI=1S/C44H61N5O10Si/c1-10-20-57-41(54)47-19-11-12-32(47)38(52)46-31(21-27(2)3)37(51)45-29-15-13-28(14-16-29)25-58-42(55)49-33-23-35(50)36(56-7)22-30(33)39(53)48-26-44(17-18-44)24-34(48)40(49)59-60(8,9)43(4,5)6/h10,13-16,22-23,27,31-32,34,40,50H,1,11-12,17-21,24-26H2,2-9H3,(H,45,51)(H,46,52)/t31-,32-,34-,40?/m0/s1. The van der Waals surface area contributed by atoms with Gasteiger partial charge in [-0.3, -0.25) is 19.3 Å². The highest BCUT2D eigenvalue weighted by molar-refractivity contribution is 6.74. The third-order valence-corrected chi connectivity index (χ3v) is 17.0. The number of anilines is 2. The lowest BCUT2D eigenvalue weighted by Gasteiger charge is -2.44. The molecule has 0 radical (unpaired) electrons. The van der Waals surface area contributed by atoms with Crippen molar-refractivity contribution >= 4 is 49.6 Å². The molecule has 2 saturated heterocycles. The number of hydrogen-bond acceptors (Lipinski definition) is 10. The predicted molar refractivity (Wildman–Crippen MR) is 228 cm³/mol. The summed E-state index contributed by atoms with van der Waals surface area (Å²) >= 11 is 0. The predicted octanol–water partition coefficient (Wildman–Crippen LogP) is 7.16. The van der Waals surface area contributed by atoms with Gasteiger partial charge in [-0.25, -0.2) is 14.5 Å². The molecule has 326 valence electrons. The summed E-state index contributed by atoms with van der Waals surface area (Å²) in [6.45, 7) is 18.9. The summed E-state index contributed by atoms with van der Waals surface area (Å²) in [7, 11) is -1.16. The van der Waals surface area contributed by atoms with Gasteiger partial charge in [-0.2, -0.15) is 0 Å². The van der Waals surface area contributed by atoms with Gasteiger partial charge >= 0.3 is 12.2 Å². The molecule has 60 heavy (non-hydrogen) atoms. The van der Waals surface area contributed by atoms with Crippen LogP contribution in [0.1, 0.15) is 89.1 Å². The van der Waals surface area contributed by atoms with Gasteiger partial charge in [-0.05, 0) is 91.8 Å². The molecule has 1 unspecified atom stereocenters. The van der Waals surface area contributed by atoms with Crippen LogP contribution >= 0.6 is 0 Å². The summed E-state index contributed by atoms with van der Waals surface area (Å²) < 4.78 is 23.7. The number of likely N-dealkylation sites (tertiary alicyclic amines) is 1. The zero-order valence-corrected chi connectivity index (χ0v) is 37.2. The molecular weight excluding hydrogens is 787 g/mol. The second kappa shape index (κ2) is 17.5. The van der Waals surface area contributed by atoms with Crippen LogP contribution in [-0.2, 0) is 30.1 Å². The van der Waals surface area contributed by atoms with E-state index in [9.17, 15) is 29.1 Å². The minimum absolute atomic E-state index is 0.0147. The van der Waals surface area contributed by atoms with Gasteiger partial charge in [0.25, 0.3) is 5.91 Å². The number of amides is 5. The summed E-state index contributed by atoms with van der Waals surface area (Å²) in [6, 6.07) is 7.62. The minimum atomic E-state index is -2.57. The normalized spacial score (nSPS) is 21.2. The Labute approximate surface area is 353 Å². The molecule has 0 aromatic heterocycles. The summed E-state index contributed by atoms with van der Waals surface area (Å²) in [5.74, 6) is -1.13. The number of nitrogens with one attached hydrogen (secondary N) is 2. The maximum atomic E-state index is 14.5. The topological polar surface area (TPSA) is 176 Å². The van der Waals surface area contributed by atoms with Crippen LogP contribution in [0.4, 0.5) is 21.0 Å². The number of aromatic hydroxyl groups is 1. The Balaban J connectivity index is 1.19. The van der Waals surface area contributed by atoms with E-state index >= 15 is 0 Å². The lowest BCUT2D eigenvalue weighted by molar-refractivity contribution is -0.129. The highest BCUT2D eigenvalue weighted by atomic mass is 28.4. The molecule has 6 rings (SSSR count). The van der Waals surface area contributed by atoms with Gasteiger partial charge in [0.05, 0.1) is 24.4 Å². The first-order chi connectivity index (χ1) is 28.3. The van der Waals surface area contributed by atoms with Crippen molar-refractivity contribution in [1.82, 2.24) is 15.1 Å². The van der Waals surface area contributed by atoms with Crippen LogP contribution in [-0.4, -0.2) is 104 Å². The monoisotopic (exact) mass is 847 g/mol. The third kappa shape index (κ3) is 9.44. The number of rotatable bonds is 13. The van der Waals surface area contributed by atoms with Crippen molar-refractivity contribution in [3.05, 3.63) is 60.2 Å². The number of hydrogen-bond donors (Lipinski definition) is 3. The number of ether oxygens (including phenoxy) is 3. The number of methoxy groups -OCH3 is 1. The third-order valence-electron chi connectivity index (χ3n) is 12.6. The van der Waals surface area contributed by atoms with Gasteiger partial charge in [-0.15, -0.1) is 0 Å². The van der Waals surface area contributed by atoms with Crippen molar-refractivity contribution in [2.45, 2.75) is 122 Å². The van der Waals surface area contributed by atoms with Crippen LogP contribution in [0.3, 0.4) is 0 Å². The highest BCUT2D eigenvalue weighted by Gasteiger charge is 2.59. The van der Waals surface area contributed by atoms with E-state index in [-0.39, 0.29) is 58.2 Å². The van der Waals surface area contributed by atoms with E-state index in [1.165, 1.54) is 35.1 Å². The average molecular weight is 848 g/mol. The first kappa shape index (κ1) is 44.5. The second-order valence-electron chi connectivity index (χ2n) is 18.5. The fourth-order valence-corrected chi connectivity index (χ4v) is 9.27. The molecule has 5 amide bonds. The molecule has 15 nitrogen and oxygen atoms in total. The smallest absolute Gasteiger partial charge is 0.416 e. The Bertz CT molecular complexity index is 1980. The fourth-order valence-electron chi connectivity index (χ4n) is 8.05. The molecule has 1 aliphatic carbocycles. The van der Waals surface area contributed by atoms with E-state index in [4.69, 9.17) is 18.6 Å². The van der Waals surface area contributed by atoms with Crippen molar-refractivity contribution in [1.29, 1.82) is 0 Å². The van der Waals surface area contributed by atoms with Gasteiger partial charge in [0.2, 0.25) is 11.8 Å².